The molecule has 4 aromatic rings. The van der Waals surface area contributed by atoms with Crippen molar-refractivity contribution in [1.82, 2.24) is 10.1 Å². The Morgan fingerprint density at radius 2 is 1.92 bits per heavy atom. The van der Waals surface area contributed by atoms with Gasteiger partial charge in [-0.2, -0.15) is 0 Å². The lowest BCUT2D eigenvalue weighted by atomic mass is 10.1. The summed E-state index contributed by atoms with van der Waals surface area (Å²) in [4.78, 5) is 14.3. The third-order valence-electron chi connectivity index (χ3n) is 4.08. The summed E-state index contributed by atoms with van der Waals surface area (Å²) >= 11 is 0. The van der Waals surface area contributed by atoms with Gasteiger partial charge >= 0.3 is 0 Å². The molecule has 2 aromatic heterocycles. The Kier molecular flexibility index (Phi) is 3.82. The standard InChI is InChI=1S/C20H16N2O3/c1-22(13-16-8-5-11-24-16)20(23)15-9-10-18-17(12-15)19(25-21-18)14-6-3-2-4-7-14/h2-12H,13H2,1H3. The molecule has 0 radical (unpaired) electrons. The van der Waals surface area contributed by atoms with Gasteiger partial charge in [-0.15, -0.1) is 0 Å². The molecule has 0 aliphatic heterocycles. The Hall–Kier alpha value is -3.34. The van der Waals surface area contributed by atoms with Crippen molar-refractivity contribution >= 4 is 16.8 Å². The molecule has 2 aromatic carbocycles. The highest BCUT2D eigenvalue weighted by atomic mass is 16.5. The Labute approximate surface area is 144 Å². The molecule has 0 bridgehead atoms. The summed E-state index contributed by atoms with van der Waals surface area (Å²) in [6.07, 6.45) is 1.60. The van der Waals surface area contributed by atoms with Crippen LogP contribution in [0.15, 0.2) is 75.9 Å². The molecule has 5 nitrogen and oxygen atoms in total. The normalized spacial score (nSPS) is 10.9. The molecule has 0 fully saturated rings. The van der Waals surface area contributed by atoms with Crippen molar-refractivity contribution in [3.8, 4) is 11.3 Å². The molecular formula is C20H16N2O3. The molecule has 4 rings (SSSR count). The first-order valence-electron chi connectivity index (χ1n) is 7.95. The number of benzene rings is 2. The van der Waals surface area contributed by atoms with Crippen molar-refractivity contribution < 1.29 is 13.7 Å². The summed E-state index contributed by atoms with van der Waals surface area (Å²) < 4.78 is 10.8. The first-order valence-corrected chi connectivity index (χ1v) is 7.95. The monoisotopic (exact) mass is 332 g/mol. The van der Waals surface area contributed by atoms with Gasteiger partial charge in [0.1, 0.15) is 11.3 Å². The largest absolute Gasteiger partial charge is 0.467 e. The van der Waals surface area contributed by atoms with Gasteiger partial charge < -0.3 is 13.8 Å². The molecule has 0 atom stereocenters. The summed E-state index contributed by atoms with van der Waals surface area (Å²) in [6.45, 7) is 0.416. The van der Waals surface area contributed by atoms with E-state index in [4.69, 9.17) is 8.94 Å². The minimum absolute atomic E-state index is 0.0847. The van der Waals surface area contributed by atoms with Crippen molar-refractivity contribution in [3.63, 3.8) is 0 Å². The topological polar surface area (TPSA) is 59.5 Å². The highest BCUT2D eigenvalue weighted by Crippen LogP contribution is 2.29. The quantitative estimate of drug-likeness (QED) is 0.557. The molecule has 0 saturated heterocycles. The van der Waals surface area contributed by atoms with Crippen LogP contribution in [0, 0.1) is 0 Å². The first kappa shape index (κ1) is 15.2. The fourth-order valence-electron chi connectivity index (χ4n) is 2.80. The lowest BCUT2D eigenvalue weighted by molar-refractivity contribution is 0.0775. The molecule has 1 amide bonds. The number of fused-ring (bicyclic) bond motifs is 1. The lowest BCUT2D eigenvalue weighted by Gasteiger charge is -2.15. The van der Waals surface area contributed by atoms with Crippen LogP contribution in [0.3, 0.4) is 0 Å². The Morgan fingerprint density at radius 1 is 1.08 bits per heavy atom. The maximum Gasteiger partial charge on any atom is 0.254 e. The number of amides is 1. The van der Waals surface area contributed by atoms with Crippen LogP contribution in [-0.2, 0) is 6.54 Å². The Balaban J connectivity index is 1.67. The van der Waals surface area contributed by atoms with Gasteiger partial charge in [0.25, 0.3) is 5.91 Å². The second-order valence-corrected chi connectivity index (χ2v) is 5.85. The SMILES string of the molecule is CN(Cc1ccco1)C(=O)c1ccc2noc(-c3ccccc3)c2c1. The van der Waals surface area contributed by atoms with E-state index in [0.29, 0.717) is 17.9 Å². The molecule has 5 heteroatoms. The average Bonchev–Trinajstić information content (AvgIpc) is 3.30. The number of rotatable bonds is 4. The van der Waals surface area contributed by atoms with E-state index in [-0.39, 0.29) is 5.91 Å². The lowest BCUT2D eigenvalue weighted by Crippen LogP contribution is -2.25. The molecule has 124 valence electrons. The van der Waals surface area contributed by atoms with Gasteiger partial charge in [0.2, 0.25) is 0 Å². The number of carbonyl (C=O) groups excluding carboxylic acids is 1. The van der Waals surface area contributed by atoms with E-state index in [1.54, 1.807) is 30.3 Å². The number of hydrogen-bond acceptors (Lipinski definition) is 4. The highest BCUT2D eigenvalue weighted by molar-refractivity contribution is 6.00. The predicted octanol–water partition coefficient (Wildman–Crippen LogP) is 4.36. The molecule has 0 unspecified atom stereocenters. The number of aromatic nitrogens is 1. The van der Waals surface area contributed by atoms with Gasteiger partial charge in [-0.25, -0.2) is 0 Å². The van der Waals surface area contributed by atoms with E-state index in [9.17, 15) is 4.79 Å². The number of hydrogen-bond donors (Lipinski definition) is 0. The van der Waals surface area contributed by atoms with Gasteiger partial charge in [-0.05, 0) is 30.3 Å². The zero-order valence-electron chi connectivity index (χ0n) is 13.7. The van der Waals surface area contributed by atoms with Crippen LogP contribution in [0.5, 0.6) is 0 Å². The van der Waals surface area contributed by atoms with E-state index in [2.05, 4.69) is 5.16 Å². The second kappa shape index (κ2) is 6.28. The van der Waals surface area contributed by atoms with Gasteiger partial charge in [-0.1, -0.05) is 35.5 Å². The summed E-state index contributed by atoms with van der Waals surface area (Å²) in [7, 11) is 1.75. The van der Waals surface area contributed by atoms with Crippen LogP contribution < -0.4 is 0 Å². The second-order valence-electron chi connectivity index (χ2n) is 5.85. The molecule has 0 aliphatic rings. The van der Waals surface area contributed by atoms with Crippen molar-refractivity contribution in [2.24, 2.45) is 0 Å². The minimum Gasteiger partial charge on any atom is -0.467 e. The van der Waals surface area contributed by atoms with Crippen LogP contribution in [-0.4, -0.2) is 23.0 Å². The van der Waals surface area contributed by atoms with Crippen LogP contribution in [0.4, 0.5) is 0 Å². The Morgan fingerprint density at radius 3 is 2.68 bits per heavy atom. The fourth-order valence-corrected chi connectivity index (χ4v) is 2.80. The van der Waals surface area contributed by atoms with E-state index >= 15 is 0 Å². The van der Waals surface area contributed by atoms with E-state index in [0.717, 1.165) is 22.2 Å². The molecule has 0 aliphatic carbocycles. The van der Waals surface area contributed by atoms with Crippen molar-refractivity contribution in [3.05, 3.63) is 78.3 Å². The number of carbonyl (C=O) groups is 1. The maximum atomic E-state index is 12.7. The third kappa shape index (κ3) is 2.92. The smallest absolute Gasteiger partial charge is 0.254 e. The molecule has 0 saturated carbocycles. The van der Waals surface area contributed by atoms with E-state index in [1.165, 1.54) is 0 Å². The molecular weight excluding hydrogens is 316 g/mol. The Bertz CT molecular complexity index is 1000. The molecule has 0 spiro atoms. The minimum atomic E-state index is -0.0847. The van der Waals surface area contributed by atoms with Crippen molar-refractivity contribution in [2.45, 2.75) is 6.54 Å². The summed E-state index contributed by atoms with van der Waals surface area (Å²) in [6, 6.07) is 18.8. The predicted molar refractivity (Wildman–Crippen MR) is 94.0 cm³/mol. The van der Waals surface area contributed by atoms with E-state index in [1.807, 2.05) is 48.5 Å². The van der Waals surface area contributed by atoms with Crippen molar-refractivity contribution in [1.29, 1.82) is 0 Å². The zero-order chi connectivity index (χ0) is 17.2. The summed E-state index contributed by atoms with van der Waals surface area (Å²) in [5, 5.41) is 4.91. The van der Waals surface area contributed by atoms with Gasteiger partial charge in [0, 0.05) is 18.2 Å². The van der Waals surface area contributed by atoms with Crippen LogP contribution in [0.25, 0.3) is 22.2 Å². The van der Waals surface area contributed by atoms with Crippen LogP contribution >= 0.6 is 0 Å². The molecule has 2 heterocycles. The summed E-state index contributed by atoms with van der Waals surface area (Å²) in [5.41, 5.74) is 2.24. The van der Waals surface area contributed by atoms with Gasteiger partial charge in [-0.3, -0.25) is 4.79 Å². The fraction of sp³-hybridized carbons (Fsp3) is 0.100. The van der Waals surface area contributed by atoms with Crippen LogP contribution in [0.2, 0.25) is 0 Å². The van der Waals surface area contributed by atoms with E-state index < -0.39 is 0 Å². The van der Waals surface area contributed by atoms with Gasteiger partial charge in [0.15, 0.2) is 5.76 Å². The average molecular weight is 332 g/mol. The third-order valence-corrected chi connectivity index (χ3v) is 4.08. The highest BCUT2D eigenvalue weighted by Gasteiger charge is 2.17. The van der Waals surface area contributed by atoms with Crippen molar-refractivity contribution in [2.75, 3.05) is 7.05 Å². The zero-order valence-corrected chi connectivity index (χ0v) is 13.7. The first-order chi connectivity index (χ1) is 12.2. The molecule has 0 N–H and O–H groups in total. The van der Waals surface area contributed by atoms with Gasteiger partial charge in [0.05, 0.1) is 18.2 Å². The van der Waals surface area contributed by atoms with Crippen LogP contribution in [0.1, 0.15) is 16.1 Å². The summed E-state index contributed by atoms with van der Waals surface area (Å²) in [5.74, 6) is 1.32. The molecule has 25 heavy (non-hydrogen) atoms. The number of nitrogens with zero attached hydrogens (tertiary/aromatic N) is 2. The maximum absolute atomic E-state index is 12.7. The number of furan rings is 1.